The molecule has 19 heavy (non-hydrogen) atoms. The van der Waals surface area contributed by atoms with E-state index in [9.17, 15) is 4.79 Å². The second-order valence-corrected chi connectivity index (χ2v) is 4.93. The van der Waals surface area contributed by atoms with Gasteiger partial charge in [0.15, 0.2) is 0 Å². The van der Waals surface area contributed by atoms with E-state index < -0.39 is 0 Å². The summed E-state index contributed by atoms with van der Waals surface area (Å²) in [4.78, 5) is 11.4. The van der Waals surface area contributed by atoms with Crippen LogP contribution in [0.15, 0.2) is 12.1 Å². The Hall–Kier alpha value is -1.55. The van der Waals surface area contributed by atoms with Crippen molar-refractivity contribution in [1.29, 1.82) is 0 Å². The Bertz CT molecular complexity index is 441. The van der Waals surface area contributed by atoms with Crippen molar-refractivity contribution >= 4 is 5.91 Å². The molecule has 1 amide bonds. The molecule has 106 valence electrons. The summed E-state index contributed by atoms with van der Waals surface area (Å²) in [6, 6.07) is 4.08. The maximum atomic E-state index is 11.4. The van der Waals surface area contributed by atoms with Crippen molar-refractivity contribution in [2.75, 3.05) is 13.7 Å². The molecule has 1 aromatic rings. The largest absolute Gasteiger partial charge is 0.496 e. The number of aryl methyl sites for hydroxylation is 1. The summed E-state index contributed by atoms with van der Waals surface area (Å²) >= 11 is 0. The van der Waals surface area contributed by atoms with E-state index in [4.69, 9.17) is 9.84 Å². The maximum Gasteiger partial charge on any atom is 0.222 e. The first kappa shape index (κ1) is 15.5. The van der Waals surface area contributed by atoms with Crippen molar-refractivity contribution in [3.8, 4) is 5.75 Å². The quantitative estimate of drug-likeness (QED) is 0.828. The first-order valence-corrected chi connectivity index (χ1v) is 6.54. The molecular formula is C15H23NO3. The molecule has 0 saturated heterocycles. The second-order valence-electron chi connectivity index (χ2n) is 4.93. The van der Waals surface area contributed by atoms with Gasteiger partial charge in [-0.1, -0.05) is 13.8 Å². The summed E-state index contributed by atoms with van der Waals surface area (Å²) in [7, 11) is 1.67. The number of hydrogen-bond donors (Lipinski definition) is 2. The highest BCUT2D eigenvalue weighted by molar-refractivity contribution is 5.76. The van der Waals surface area contributed by atoms with E-state index in [1.54, 1.807) is 7.11 Å². The van der Waals surface area contributed by atoms with Gasteiger partial charge in [0.25, 0.3) is 0 Å². The molecule has 0 atom stereocenters. The van der Waals surface area contributed by atoms with Gasteiger partial charge in [0.2, 0.25) is 5.91 Å². The smallest absolute Gasteiger partial charge is 0.222 e. The van der Waals surface area contributed by atoms with Gasteiger partial charge in [0, 0.05) is 13.0 Å². The summed E-state index contributed by atoms with van der Waals surface area (Å²) in [5.74, 6) is 1.11. The monoisotopic (exact) mass is 265 g/mol. The summed E-state index contributed by atoms with van der Waals surface area (Å²) in [6.07, 6.45) is 0.145. The van der Waals surface area contributed by atoms with Crippen molar-refractivity contribution in [3.05, 3.63) is 28.8 Å². The highest BCUT2D eigenvalue weighted by atomic mass is 16.5. The average molecular weight is 265 g/mol. The van der Waals surface area contributed by atoms with Gasteiger partial charge in [-0.25, -0.2) is 0 Å². The number of ether oxygens (including phenoxy) is 1. The van der Waals surface area contributed by atoms with Gasteiger partial charge in [-0.3, -0.25) is 4.79 Å². The van der Waals surface area contributed by atoms with Crippen LogP contribution in [-0.2, 0) is 11.3 Å². The highest BCUT2D eigenvalue weighted by Gasteiger charge is 2.11. The van der Waals surface area contributed by atoms with Gasteiger partial charge < -0.3 is 15.2 Å². The first-order chi connectivity index (χ1) is 8.99. The molecular weight excluding hydrogens is 242 g/mol. The lowest BCUT2D eigenvalue weighted by Gasteiger charge is -2.16. The lowest BCUT2D eigenvalue weighted by atomic mass is 9.96. The SMILES string of the molecule is COc1cc(C)c(CNC(=O)CCO)cc1C(C)C. The van der Waals surface area contributed by atoms with Gasteiger partial charge >= 0.3 is 0 Å². The van der Waals surface area contributed by atoms with Gasteiger partial charge in [0.1, 0.15) is 5.75 Å². The second kappa shape index (κ2) is 7.14. The van der Waals surface area contributed by atoms with Gasteiger partial charge in [-0.05, 0) is 41.7 Å². The molecule has 0 bridgehead atoms. The van der Waals surface area contributed by atoms with Gasteiger partial charge in [-0.15, -0.1) is 0 Å². The maximum absolute atomic E-state index is 11.4. The third kappa shape index (κ3) is 4.24. The minimum absolute atomic E-state index is 0.120. The van der Waals surface area contributed by atoms with Crippen LogP contribution in [0, 0.1) is 6.92 Å². The van der Waals surface area contributed by atoms with Crippen molar-refractivity contribution in [2.24, 2.45) is 0 Å². The molecule has 0 aromatic heterocycles. The molecule has 2 N–H and O–H groups in total. The molecule has 1 aromatic carbocycles. The number of nitrogens with one attached hydrogen (secondary N) is 1. The summed E-state index contributed by atoms with van der Waals surface area (Å²) < 4.78 is 5.39. The van der Waals surface area contributed by atoms with Crippen LogP contribution in [0.25, 0.3) is 0 Å². The standard InChI is InChI=1S/C15H23NO3/c1-10(2)13-8-12(9-16-15(18)5-6-17)11(3)7-14(13)19-4/h7-8,10,17H,5-6,9H2,1-4H3,(H,16,18). The Balaban J connectivity index is 2.89. The number of aliphatic hydroxyl groups excluding tert-OH is 1. The molecule has 0 spiro atoms. The van der Waals surface area contributed by atoms with E-state index in [0.29, 0.717) is 12.5 Å². The zero-order valence-corrected chi connectivity index (χ0v) is 12.1. The van der Waals surface area contributed by atoms with Crippen LogP contribution in [0.3, 0.4) is 0 Å². The molecule has 4 heteroatoms. The van der Waals surface area contributed by atoms with E-state index in [-0.39, 0.29) is 18.9 Å². The number of carbonyl (C=O) groups is 1. The molecule has 1 rings (SSSR count). The predicted octanol–water partition coefficient (Wildman–Crippen LogP) is 2.13. The summed E-state index contributed by atoms with van der Waals surface area (Å²) in [6.45, 7) is 6.59. The molecule has 0 aliphatic carbocycles. The topological polar surface area (TPSA) is 58.6 Å². The Morgan fingerprint density at radius 3 is 2.63 bits per heavy atom. The Kier molecular flexibility index (Phi) is 5.83. The van der Waals surface area contributed by atoms with Crippen molar-refractivity contribution in [2.45, 2.75) is 39.7 Å². The van der Waals surface area contributed by atoms with Gasteiger partial charge in [0.05, 0.1) is 13.7 Å². The number of hydrogen-bond acceptors (Lipinski definition) is 3. The number of benzene rings is 1. The summed E-state index contributed by atoms with van der Waals surface area (Å²) in [5.41, 5.74) is 3.31. The zero-order chi connectivity index (χ0) is 14.4. The van der Waals surface area contributed by atoms with Gasteiger partial charge in [-0.2, -0.15) is 0 Å². The van der Waals surface area contributed by atoms with Crippen LogP contribution in [-0.4, -0.2) is 24.7 Å². The molecule has 0 saturated carbocycles. The molecule has 0 aliphatic heterocycles. The normalized spacial score (nSPS) is 10.6. The number of methoxy groups -OCH3 is 1. The summed E-state index contributed by atoms with van der Waals surface area (Å²) in [5, 5.41) is 11.5. The third-order valence-corrected chi connectivity index (χ3v) is 3.13. The minimum atomic E-state index is -0.135. The fourth-order valence-electron chi connectivity index (χ4n) is 1.95. The highest BCUT2D eigenvalue weighted by Crippen LogP contribution is 2.29. The zero-order valence-electron chi connectivity index (χ0n) is 12.1. The number of carbonyl (C=O) groups excluding carboxylic acids is 1. The number of aliphatic hydroxyl groups is 1. The van der Waals surface area contributed by atoms with E-state index in [1.807, 2.05) is 13.0 Å². The number of rotatable bonds is 6. The molecule has 0 fully saturated rings. The van der Waals surface area contributed by atoms with E-state index in [1.165, 1.54) is 0 Å². The lowest BCUT2D eigenvalue weighted by Crippen LogP contribution is -2.23. The fraction of sp³-hybridized carbons (Fsp3) is 0.533. The van der Waals surface area contributed by atoms with Crippen molar-refractivity contribution < 1.29 is 14.6 Å². The first-order valence-electron chi connectivity index (χ1n) is 6.54. The van der Waals surface area contributed by atoms with Crippen LogP contribution in [0.2, 0.25) is 0 Å². The molecule has 0 radical (unpaired) electrons. The average Bonchev–Trinajstić information content (AvgIpc) is 2.36. The van der Waals surface area contributed by atoms with Crippen LogP contribution < -0.4 is 10.1 Å². The third-order valence-electron chi connectivity index (χ3n) is 3.13. The van der Waals surface area contributed by atoms with Crippen molar-refractivity contribution in [3.63, 3.8) is 0 Å². The Morgan fingerprint density at radius 1 is 1.42 bits per heavy atom. The van der Waals surface area contributed by atoms with Crippen LogP contribution in [0.5, 0.6) is 5.75 Å². The molecule has 4 nitrogen and oxygen atoms in total. The van der Waals surface area contributed by atoms with Crippen LogP contribution in [0.1, 0.15) is 42.9 Å². The molecule has 0 heterocycles. The Morgan fingerprint density at radius 2 is 2.11 bits per heavy atom. The fourth-order valence-corrected chi connectivity index (χ4v) is 1.95. The van der Waals surface area contributed by atoms with Crippen LogP contribution in [0.4, 0.5) is 0 Å². The lowest BCUT2D eigenvalue weighted by molar-refractivity contribution is -0.121. The minimum Gasteiger partial charge on any atom is -0.496 e. The Labute approximate surface area is 114 Å². The van der Waals surface area contributed by atoms with E-state index in [0.717, 1.165) is 22.4 Å². The van der Waals surface area contributed by atoms with E-state index >= 15 is 0 Å². The molecule has 0 unspecified atom stereocenters. The van der Waals surface area contributed by atoms with Crippen LogP contribution >= 0.6 is 0 Å². The molecule has 0 aliphatic rings. The predicted molar refractivity (Wildman–Crippen MR) is 75.4 cm³/mol. The van der Waals surface area contributed by atoms with E-state index in [2.05, 4.69) is 25.2 Å². The number of amides is 1. The van der Waals surface area contributed by atoms with Crippen molar-refractivity contribution in [1.82, 2.24) is 5.32 Å².